The molecule has 1 unspecified atom stereocenters. The van der Waals surface area contributed by atoms with E-state index < -0.39 is 0 Å². The molecule has 0 aromatic carbocycles. The molecule has 0 aliphatic carbocycles. The lowest BCUT2D eigenvalue weighted by Gasteiger charge is -2.14. The third-order valence-electron chi connectivity index (χ3n) is 2.18. The lowest BCUT2D eigenvalue weighted by atomic mass is 9.96. The Labute approximate surface area is 99.1 Å². The fourth-order valence-corrected chi connectivity index (χ4v) is 3.05. The number of aromatic nitrogens is 1. The van der Waals surface area contributed by atoms with Gasteiger partial charge in [0.05, 0.1) is 5.01 Å². The van der Waals surface area contributed by atoms with Crippen LogP contribution in [0.2, 0.25) is 0 Å². The highest BCUT2D eigenvalue weighted by molar-refractivity contribution is 9.09. The average Bonchev–Trinajstić information content (AvgIpc) is 2.49. The van der Waals surface area contributed by atoms with Crippen LogP contribution in [0.25, 0.3) is 0 Å². The summed E-state index contributed by atoms with van der Waals surface area (Å²) < 4.78 is 0. The summed E-state index contributed by atoms with van der Waals surface area (Å²) in [5.41, 5.74) is 0. The summed E-state index contributed by atoms with van der Waals surface area (Å²) in [7, 11) is 0. The van der Waals surface area contributed by atoms with Gasteiger partial charge in [-0.1, -0.05) is 29.8 Å². The van der Waals surface area contributed by atoms with Gasteiger partial charge in [0.1, 0.15) is 0 Å². The minimum atomic E-state index is 0.759. The molecule has 0 bridgehead atoms. The van der Waals surface area contributed by atoms with E-state index in [1.54, 1.807) is 0 Å². The predicted octanol–water partition coefficient (Wildman–Crippen LogP) is 4.05. The molecule has 1 aromatic rings. The van der Waals surface area contributed by atoms with Crippen molar-refractivity contribution in [2.75, 3.05) is 5.33 Å². The molecule has 0 radical (unpaired) electrons. The molecular weight excluding hydrogens is 258 g/mol. The van der Waals surface area contributed by atoms with Crippen molar-refractivity contribution in [3.8, 4) is 0 Å². The van der Waals surface area contributed by atoms with Crippen LogP contribution in [-0.2, 0) is 6.42 Å². The topological polar surface area (TPSA) is 12.9 Å². The molecule has 1 aromatic heterocycles. The van der Waals surface area contributed by atoms with Gasteiger partial charge in [0.2, 0.25) is 0 Å². The zero-order valence-electron chi connectivity index (χ0n) is 9.09. The largest absolute Gasteiger partial charge is 0.250 e. The molecule has 80 valence electrons. The van der Waals surface area contributed by atoms with Crippen LogP contribution in [0.15, 0.2) is 6.20 Å². The van der Waals surface area contributed by atoms with Gasteiger partial charge >= 0.3 is 0 Å². The van der Waals surface area contributed by atoms with E-state index in [0.717, 1.165) is 17.2 Å². The van der Waals surface area contributed by atoms with Crippen molar-refractivity contribution in [3.05, 3.63) is 16.1 Å². The number of hydrogen-bond acceptors (Lipinski definition) is 2. The second-order valence-corrected chi connectivity index (χ2v) is 6.17. The first kappa shape index (κ1) is 12.2. The minimum Gasteiger partial charge on any atom is -0.250 e. The first-order chi connectivity index (χ1) is 6.61. The van der Waals surface area contributed by atoms with Gasteiger partial charge < -0.3 is 0 Å². The number of thiazole rings is 1. The fourth-order valence-electron chi connectivity index (χ4n) is 1.65. The van der Waals surface area contributed by atoms with Crippen LogP contribution in [0.1, 0.15) is 30.2 Å². The molecule has 0 N–H and O–H groups in total. The maximum atomic E-state index is 4.29. The van der Waals surface area contributed by atoms with Crippen molar-refractivity contribution in [1.82, 2.24) is 4.98 Å². The molecule has 0 saturated heterocycles. The van der Waals surface area contributed by atoms with Gasteiger partial charge in [-0.3, -0.25) is 0 Å². The maximum absolute atomic E-state index is 4.29. The molecule has 0 amide bonds. The third-order valence-corrected chi connectivity index (χ3v) is 4.03. The Balaban J connectivity index is 2.48. The second-order valence-electron chi connectivity index (χ2n) is 4.20. The van der Waals surface area contributed by atoms with Gasteiger partial charge in [0.25, 0.3) is 0 Å². The van der Waals surface area contributed by atoms with Crippen molar-refractivity contribution in [3.63, 3.8) is 0 Å². The highest BCUT2D eigenvalue weighted by atomic mass is 79.9. The summed E-state index contributed by atoms with van der Waals surface area (Å²) >= 11 is 5.42. The van der Waals surface area contributed by atoms with E-state index in [2.05, 4.69) is 41.7 Å². The van der Waals surface area contributed by atoms with Gasteiger partial charge in [-0.15, -0.1) is 11.3 Å². The Morgan fingerprint density at radius 3 is 2.64 bits per heavy atom. The second kappa shape index (κ2) is 5.86. The Morgan fingerprint density at radius 2 is 2.21 bits per heavy atom. The standard InChI is InChI=1S/C11H18BrNS/c1-8(2)4-10(6-12)5-11-7-13-9(3)14-11/h7-8,10H,4-6H2,1-3H3. The number of aryl methyl sites for hydroxylation is 1. The van der Waals surface area contributed by atoms with E-state index in [4.69, 9.17) is 0 Å². The zero-order valence-corrected chi connectivity index (χ0v) is 11.5. The van der Waals surface area contributed by atoms with Gasteiger partial charge in [-0.2, -0.15) is 0 Å². The molecule has 1 nitrogen and oxygen atoms in total. The first-order valence-corrected chi connectivity index (χ1v) is 7.03. The van der Waals surface area contributed by atoms with Crippen LogP contribution in [0, 0.1) is 18.8 Å². The maximum Gasteiger partial charge on any atom is 0.0896 e. The van der Waals surface area contributed by atoms with Crippen LogP contribution in [0.5, 0.6) is 0 Å². The smallest absolute Gasteiger partial charge is 0.0896 e. The van der Waals surface area contributed by atoms with E-state index in [1.165, 1.54) is 22.7 Å². The monoisotopic (exact) mass is 275 g/mol. The van der Waals surface area contributed by atoms with Crippen LogP contribution in [0.3, 0.4) is 0 Å². The molecule has 1 heterocycles. The van der Waals surface area contributed by atoms with E-state index in [1.807, 2.05) is 17.5 Å². The van der Waals surface area contributed by atoms with Gasteiger partial charge in [0.15, 0.2) is 0 Å². The Kier molecular flexibility index (Phi) is 5.10. The molecule has 1 atom stereocenters. The lowest BCUT2D eigenvalue weighted by molar-refractivity contribution is 0.447. The lowest BCUT2D eigenvalue weighted by Crippen LogP contribution is -2.08. The van der Waals surface area contributed by atoms with E-state index >= 15 is 0 Å². The average molecular weight is 276 g/mol. The molecule has 1 rings (SSSR count). The van der Waals surface area contributed by atoms with Crippen LogP contribution >= 0.6 is 27.3 Å². The number of hydrogen-bond donors (Lipinski definition) is 0. The summed E-state index contributed by atoms with van der Waals surface area (Å²) in [6, 6.07) is 0. The fraction of sp³-hybridized carbons (Fsp3) is 0.727. The molecular formula is C11H18BrNS. The van der Waals surface area contributed by atoms with Gasteiger partial charge in [-0.05, 0) is 31.6 Å². The highest BCUT2D eigenvalue weighted by Crippen LogP contribution is 2.22. The SMILES string of the molecule is Cc1ncc(CC(CBr)CC(C)C)s1. The number of nitrogens with zero attached hydrogens (tertiary/aromatic N) is 1. The van der Waals surface area contributed by atoms with E-state index in [9.17, 15) is 0 Å². The first-order valence-electron chi connectivity index (χ1n) is 5.09. The van der Waals surface area contributed by atoms with Gasteiger partial charge in [-0.25, -0.2) is 4.98 Å². The van der Waals surface area contributed by atoms with E-state index in [-0.39, 0.29) is 0 Å². The molecule has 0 aliphatic heterocycles. The summed E-state index contributed by atoms with van der Waals surface area (Å²) in [6.07, 6.45) is 4.49. The van der Waals surface area contributed by atoms with Gasteiger partial charge in [0, 0.05) is 16.4 Å². The summed E-state index contributed by atoms with van der Waals surface area (Å²) in [5, 5.41) is 2.28. The molecule has 3 heteroatoms. The Morgan fingerprint density at radius 1 is 1.50 bits per heavy atom. The van der Waals surface area contributed by atoms with Crippen molar-refractivity contribution >= 4 is 27.3 Å². The Hall–Kier alpha value is 0.110. The predicted molar refractivity (Wildman–Crippen MR) is 67.3 cm³/mol. The van der Waals surface area contributed by atoms with Crippen LogP contribution in [-0.4, -0.2) is 10.3 Å². The summed E-state index contributed by atoms with van der Waals surface area (Å²) in [6.45, 7) is 6.64. The normalized spacial score (nSPS) is 13.5. The Bertz CT molecular complexity index is 270. The molecule has 0 spiro atoms. The van der Waals surface area contributed by atoms with Crippen LogP contribution in [0.4, 0.5) is 0 Å². The third kappa shape index (κ3) is 4.09. The quantitative estimate of drug-likeness (QED) is 0.739. The summed E-state index contributed by atoms with van der Waals surface area (Å²) in [5.74, 6) is 1.54. The summed E-state index contributed by atoms with van der Waals surface area (Å²) in [4.78, 5) is 5.71. The van der Waals surface area contributed by atoms with E-state index in [0.29, 0.717) is 0 Å². The highest BCUT2D eigenvalue weighted by Gasteiger charge is 2.11. The number of halogens is 1. The number of rotatable bonds is 5. The molecule has 0 aliphatic rings. The molecule has 0 fully saturated rings. The van der Waals surface area contributed by atoms with Crippen molar-refractivity contribution < 1.29 is 0 Å². The molecule has 0 saturated carbocycles. The molecule has 14 heavy (non-hydrogen) atoms. The minimum absolute atomic E-state index is 0.759. The van der Waals surface area contributed by atoms with Crippen molar-refractivity contribution in [2.24, 2.45) is 11.8 Å². The number of alkyl halides is 1. The zero-order chi connectivity index (χ0) is 10.6. The van der Waals surface area contributed by atoms with Crippen LogP contribution < -0.4 is 0 Å². The van der Waals surface area contributed by atoms with Crippen molar-refractivity contribution in [1.29, 1.82) is 0 Å². The van der Waals surface area contributed by atoms with Crippen molar-refractivity contribution in [2.45, 2.75) is 33.6 Å².